The summed E-state index contributed by atoms with van der Waals surface area (Å²) < 4.78 is 7.44. The first-order chi connectivity index (χ1) is 13.5. The first kappa shape index (κ1) is 19.4. The number of benzene rings is 1. The van der Waals surface area contributed by atoms with Crippen molar-refractivity contribution < 1.29 is 14.3 Å². The summed E-state index contributed by atoms with van der Waals surface area (Å²) in [7, 11) is 1.42. The number of methoxy groups -OCH3 is 1. The van der Waals surface area contributed by atoms with E-state index >= 15 is 0 Å². The molecule has 2 aromatic rings. The van der Waals surface area contributed by atoms with Gasteiger partial charge < -0.3 is 10.1 Å². The molecular formula is C19H20BrClN4O3. The highest BCUT2D eigenvalue weighted by Gasteiger charge is 2.40. The van der Waals surface area contributed by atoms with Gasteiger partial charge in [-0.1, -0.05) is 17.7 Å². The molecular weight excluding hydrogens is 448 g/mol. The number of nitrogens with zero attached hydrogens (tertiary/aromatic N) is 3. The maximum atomic E-state index is 12.7. The van der Waals surface area contributed by atoms with E-state index in [1.807, 2.05) is 16.8 Å². The van der Waals surface area contributed by atoms with Crippen LogP contribution in [-0.4, -0.2) is 46.8 Å². The van der Waals surface area contributed by atoms with E-state index in [0.29, 0.717) is 34.0 Å². The molecule has 1 fully saturated rings. The summed E-state index contributed by atoms with van der Waals surface area (Å²) in [6.07, 6.45) is 1.97. The number of aromatic nitrogens is 2. The number of halogens is 2. The molecule has 28 heavy (non-hydrogen) atoms. The molecule has 0 bridgehead atoms. The van der Waals surface area contributed by atoms with Gasteiger partial charge in [0.1, 0.15) is 0 Å². The van der Waals surface area contributed by atoms with Crippen LogP contribution in [0.25, 0.3) is 0 Å². The van der Waals surface area contributed by atoms with Gasteiger partial charge in [-0.15, -0.1) is 0 Å². The lowest BCUT2D eigenvalue weighted by Crippen LogP contribution is -2.52. The molecule has 1 amide bonds. The maximum Gasteiger partial charge on any atom is 0.311 e. The summed E-state index contributed by atoms with van der Waals surface area (Å²) in [4.78, 5) is 26.6. The minimum Gasteiger partial charge on any atom is -0.469 e. The summed E-state index contributed by atoms with van der Waals surface area (Å²) >= 11 is 9.59. The number of hydrogen-bond donors (Lipinski definition) is 1. The molecule has 4 rings (SSSR count). The predicted molar refractivity (Wildman–Crippen MR) is 108 cm³/mol. The molecule has 7 nitrogen and oxygen atoms in total. The minimum atomic E-state index is -0.295. The number of likely N-dealkylation sites (tertiary alicyclic amines) is 1. The quantitative estimate of drug-likeness (QED) is 0.697. The van der Waals surface area contributed by atoms with Crippen LogP contribution in [0.5, 0.6) is 0 Å². The zero-order valence-electron chi connectivity index (χ0n) is 15.3. The molecule has 2 aliphatic heterocycles. The molecule has 9 heteroatoms. The zero-order valence-corrected chi connectivity index (χ0v) is 17.7. The highest BCUT2D eigenvalue weighted by Crippen LogP contribution is 2.36. The van der Waals surface area contributed by atoms with E-state index in [1.165, 1.54) is 7.11 Å². The van der Waals surface area contributed by atoms with Crippen molar-refractivity contribution >= 4 is 45.1 Å². The molecule has 1 N–H and O–H groups in total. The number of anilines is 1. The Kier molecular flexibility index (Phi) is 5.44. The van der Waals surface area contributed by atoms with E-state index in [1.54, 1.807) is 12.1 Å². The van der Waals surface area contributed by atoms with Crippen LogP contribution in [-0.2, 0) is 16.1 Å². The smallest absolute Gasteiger partial charge is 0.311 e. The third-order valence-corrected chi connectivity index (χ3v) is 6.61. The molecule has 1 atom stereocenters. The number of aryl methyl sites for hydroxylation is 1. The van der Waals surface area contributed by atoms with E-state index in [9.17, 15) is 9.59 Å². The van der Waals surface area contributed by atoms with Crippen molar-refractivity contribution in [1.29, 1.82) is 0 Å². The highest BCUT2D eigenvalue weighted by atomic mass is 79.9. The second-order valence-corrected chi connectivity index (χ2v) is 8.30. The lowest BCUT2D eigenvalue weighted by molar-refractivity contribution is -0.152. The number of hydrogen-bond acceptors (Lipinski definition) is 5. The van der Waals surface area contributed by atoms with Crippen molar-refractivity contribution in [2.24, 2.45) is 5.92 Å². The van der Waals surface area contributed by atoms with E-state index < -0.39 is 0 Å². The molecule has 1 saturated heterocycles. The predicted octanol–water partition coefficient (Wildman–Crippen LogP) is 3.49. The van der Waals surface area contributed by atoms with Gasteiger partial charge in [-0.2, -0.15) is 5.10 Å². The van der Waals surface area contributed by atoms with Crippen LogP contribution in [0.4, 0.5) is 5.69 Å². The van der Waals surface area contributed by atoms with Gasteiger partial charge in [0.25, 0.3) is 5.91 Å². The summed E-state index contributed by atoms with van der Waals surface area (Å²) in [5.41, 5.74) is 1.91. The monoisotopic (exact) mass is 466 g/mol. The molecule has 148 valence electrons. The number of amides is 1. The molecule has 1 aromatic heterocycles. The lowest BCUT2D eigenvalue weighted by atomic mass is 9.93. The van der Waals surface area contributed by atoms with E-state index in [0.717, 1.165) is 25.1 Å². The third kappa shape index (κ3) is 3.56. The van der Waals surface area contributed by atoms with E-state index in [-0.39, 0.29) is 23.8 Å². The van der Waals surface area contributed by atoms with E-state index in [2.05, 4.69) is 31.2 Å². The number of fused-ring (bicyclic) bond motifs is 1. The average Bonchev–Trinajstić information content (AvgIpc) is 3.09. The number of esters is 1. The van der Waals surface area contributed by atoms with Crippen LogP contribution in [0, 0.1) is 5.92 Å². The van der Waals surface area contributed by atoms with Crippen LogP contribution >= 0.6 is 27.5 Å². The summed E-state index contributed by atoms with van der Waals surface area (Å²) in [5.74, 6) is -0.520. The summed E-state index contributed by atoms with van der Waals surface area (Å²) in [6.45, 7) is 2.14. The van der Waals surface area contributed by atoms with Gasteiger partial charge in [-0.25, -0.2) is 0 Å². The second kappa shape index (κ2) is 7.85. The number of carbonyl (C=O) groups excluding carboxylic acids is 2. The van der Waals surface area contributed by atoms with Gasteiger partial charge in [0.15, 0.2) is 5.69 Å². The third-order valence-electron chi connectivity index (χ3n) is 5.32. The van der Waals surface area contributed by atoms with Gasteiger partial charge >= 0.3 is 5.97 Å². The normalized spacial score (nSPS) is 19.6. The maximum absolute atomic E-state index is 12.7. The standard InChI is InChI=1S/C19H20BrClN4O3/c1-28-19(27)11-9-24(10-11)15-6-3-7-25-16(15)8-14(23-25)18(26)22-13-5-2-4-12(20)17(13)21/h2,4-5,8,11,15H,3,6-7,9-10H2,1H3,(H,22,26)/t15-/m0/s1. The van der Waals surface area contributed by atoms with Gasteiger partial charge in [-0.05, 0) is 47.0 Å². The molecule has 1 aromatic carbocycles. The Morgan fingerprint density at radius 3 is 2.89 bits per heavy atom. The lowest BCUT2D eigenvalue weighted by Gasteiger charge is -2.44. The molecule has 2 aliphatic rings. The summed E-state index contributed by atoms with van der Waals surface area (Å²) in [5, 5.41) is 7.77. The summed E-state index contributed by atoms with van der Waals surface area (Å²) in [6, 6.07) is 7.37. The number of ether oxygens (including phenoxy) is 1. The fourth-order valence-corrected chi connectivity index (χ4v) is 4.35. The number of carbonyl (C=O) groups is 2. The first-order valence-corrected chi connectivity index (χ1v) is 10.3. The van der Waals surface area contributed by atoms with E-state index in [4.69, 9.17) is 16.3 Å². The average molecular weight is 468 g/mol. The number of nitrogens with one attached hydrogen (secondary N) is 1. The topological polar surface area (TPSA) is 76.5 Å². The van der Waals surface area contributed by atoms with Crippen LogP contribution in [0.1, 0.15) is 35.1 Å². The van der Waals surface area contributed by atoms with Crippen molar-refractivity contribution in [3.63, 3.8) is 0 Å². The SMILES string of the molecule is COC(=O)C1CN([C@H]2CCCn3nc(C(=O)Nc4cccc(Br)c4Cl)cc32)C1. The molecule has 0 spiro atoms. The first-order valence-electron chi connectivity index (χ1n) is 9.13. The van der Waals surface area contributed by atoms with Crippen molar-refractivity contribution in [3.05, 3.63) is 45.1 Å². The minimum absolute atomic E-state index is 0.0651. The Bertz CT molecular complexity index is 926. The fraction of sp³-hybridized carbons (Fsp3) is 0.421. The van der Waals surface area contributed by atoms with Gasteiger partial charge in [-0.3, -0.25) is 19.2 Å². The zero-order chi connectivity index (χ0) is 19.8. The van der Waals surface area contributed by atoms with Gasteiger partial charge in [0.2, 0.25) is 0 Å². The number of rotatable bonds is 4. The van der Waals surface area contributed by atoms with Crippen molar-refractivity contribution in [3.8, 4) is 0 Å². The van der Waals surface area contributed by atoms with Crippen LogP contribution in [0.15, 0.2) is 28.7 Å². The Morgan fingerprint density at radius 1 is 1.36 bits per heavy atom. The van der Waals surface area contributed by atoms with Crippen LogP contribution in [0.2, 0.25) is 5.02 Å². The Balaban J connectivity index is 1.50. The van der Waals surface area contributed by atoms with Crippen molar-refractivity contribution in [1.82, 2.24) is 14.7 Å². The van der Waals surface area contributed by atoms with Crippen molar-refractivity contribution in [2.45, 2.75) is 25.4 Å². The van der Waals surface area contributed by atoms with Crippen LogP contribution < -0.4 is 5.32 Å². The Morgan fingerprint density at radius 2 is 2.14 bits per heavy atom. The fourth-order valence-electron chi connectivity index (χ4n) is 3.81. The molecule has 0 unspecified atom stereocenters. The molecule has 3 heterocycles. The van der Waals surface area contributed by atoms with Gasteiger partial charge in [0.05, 0.1) is 35.5 Å². The Labute approximate surface area is 176 Å². The molecule has 0 saturated carbocycles. The molecule has 0 aliphatic carbocycles. The Hall–Kier alpha value is -1.90. The largest absolute Gasteiger partial charge is 0.469 e. The van der Waals surface area contributed by atoms with Crippen LogP contribution in [0.3, 0.4) is 0 Å². The van der Waals surface area contributed by atoms with Crippen molar-refractivity contribution in [2.75, 3.05) is 25.5 Å². The molecule has 0 radical (unpaired) electrons. The highest BCUT2D eigenvalue weighted by molar-refractivity contribution is 9.10. The van der Waals surface area contributed by atoms with Gasteiger partial charge in [0, 0.05) is 24.1 Å². The second-order valence-electron chi connectivity index (χ2n) is 7.07.